The van der Waals surface area contributed by atoms with E-state index < -0.39 is 25.5 Å². The molecule has 1 heterocycles. The molecule has 10 heteroatoms. The Morgan fingerprint density at radius 1 is 1.48 bits per heavy atom. The average Bonchev–Trinajstić information content (AvgIpc) is 2.91. The van der Waals surface area contributed by atoms with Crippen LogP contribution in [0.2, 0.25) is 0 Å². The normalized spacial score (nSPS) is 11.7. The van der Waals surface area contributed by atoms with Crippen molar-refractivity contribution in [3.8, 4) is 0 Å². The summed E-state index contributed by atoms with van der Waals surface area (Å²) in [7, 11) is -2.71. The average molecular weight is 311 g/mol. The van der Waals surface area contributed by atoms with E-state index in [2.05, 4.69) is 10.2 Å². The first kappa shape index (κ1) is 14.9. The third-order valence-corrected chi connectivity index (χ3v) is 4.66. The molecule has 21 heavy (non-hydrogen) atoms. The van der Waals surface area contributed by atoms with Gasteiger partial charge in [0.05, 0.1) is 11.1 Å². The number of benzene rings is 1. The molecule has 1 aromatic carbocycles. The van der Waals surface area contributed by atoms with E-state index in [4.69, 9.17) is 5.73 Å². The number of nitrogen functional groups attached to an aromatic ring is 1. The maximum atomic E-state index is 12.5. The fourth-order valence-electron chi connectivity index (χ4n) is 1.76. The van der Waals surface area contributed by atoms with Crippen LogP contribution in [0.5, 0.6) is 0 Å². The second-order valence-electron chi connectivity index (χ2n) is 4.35. The summed E-state index contributed by atoms with van der Waals surface area (Å²) in [5.74, 6) is 0. The molecule has 0 fully saturated rings. The predicted molar refractivity (Wildman–Crippen MR) is 74.7 cm³/mol. The Hall–Kier alpha value is -2.46. The van der Waals surface area contributed by atoms with Crippen LogP contribution in [0, 0.1) is 10.1 Å². The molecule has 0 aliphatic rings. The highest BCUT2D eigenvalue weighted by Crippen LogP contribution is 2.28. The Kier molecular flexibility index (Phi) is 3.91. The molecule has 3 N–H and O–H groups in total. The highest BCUT2D eigenvalue weighted by atomic mass is 32.2. The molecule has 0 aliphatic carbocycles. The summed E-state index contributed by atoms with van der Waals surface area (Å²) in [6, 6.07) is 3.44. The van der Waals surface area contributed by atoms with Gasteiger partial charge in [-0.2, -0.15) is 9.40 Å². The number of rotatable bonds is 5. The van der Waals surface area contributed by atoms with Gasteiger partial charge in [-0.15, -0.1) is 0 Å². The molecule has 0 radical (unpaired) electrons. The largest absolute Gasteiger partial charge is 0.399 e. The molecule has 0 unspecified atom stereocenters. The van der Waals surface area contributed by atoms with Crippen molar-refractivity contribution in [2.45, 2.75) is 11.4 Å². The third kappa shape index (κ3) is 3.01. The zero-order valence-corrected chi connectivity index (χ0v) is 11.9. The summed E-state index contributed by atoms with van der Waals surface area (Å²) in [5, 5.41) is 17.3. The van der Waals surface area contributed by atoms with Gasteiger partial charge in [0.2, 0.25) is 10.0 Å². The molecule has 0 saturated carbocycles. The standard InChI is InChI=1S/C11H13N5O4S/c1-15(7-8-5-13-14-6-8)21(19,20)11-4-9(12)2-3-10(11)16(17)18/h2-6H,7,12H2,1H3,(H,13,14). The lowest BCUT2D eigenvalue weighted by Gasteiger charge is -2.16. The van der Waals surface area contributed by atoms with E-state index in [1.165, 1.54) is 19.3 Å². The molecule has 0 aliphatic heterocycles. The number of aromatic nitrogens is 2. The second-order valence-corrected chi connectivity index (χ2v) is 6.37. The summed E-state index contributed by atoms with van der Waals surface area (Å²) in [4.78, 5) is 9.80. The van der Waals surface area contributed by atoms with Crippen molar-refractivity contribution in [3.63, 3.8) is 0 Å². The van der Waals surface area contributed by atoms with Crippen molar-refractivity contribution in [2.75, 3.05) is 12.8 Å². The van der Waals surface area contributed by atoms with E-state index >= 15 is 0 Å². The monoisotopic (exact) mass is 311 g/mol. The quantitative estimate of drug-likeness (QED) is 0.474. The summed E-state index contributed by atoms with van der Waals surface area (Å²) < 4.78 is 25.9. The van der Waals surface area contributed by atoms with Gasteiger partial charge < -0.3 is 5.73 Å². The number of nitrogens with zero attached hydrogens (tertiary/aromatic N) is 3. The minimum absolute atomic E-state index is 0.0325. The number of anilines is 1. The number of hydrogen-bond acceptors (Lipinski definition) is 6. The van der Waals surface area contributed by atoms with Crippen LogP contribution in [0.1, 0.15) is 5.56 Å². The summed E-state index contributed by atoms with van der Waals surface area (Å²) in [5.41, 5.74) is 5.80. The van der Waals surface area contributed by atoms with E-state index in [9.17, 15) is 18.5 Å². The molecule has 0 bridgehead atoms. The number of nitro groups is 1. The van der Waals surface area contributed by atoms with Crippen molar-refractivity contribution in [2.24, 2.45) is 0 Å². The van der Waals surface area contributed by atoms with Crippen LogP contribution in [0.3, 0.4) is 0 Å². The van der Waals surface area contributed by atoms with Crippen LogP contribution in [-0.4, -0.2) is 34.9 Å². The number of nitrogens with two attached hydrogens (primary N) is 1. The van der Waals surface area contributed by atoms with Gasteiger partial charge >= 0.3 is 0 Å². The van der Waals surface area contributed by atoms with Gasteiger partial charge in [-0.05, 0) is 12.1 Å². The topological polar surface area (TPSA) is 135 Å². The van der Waals surface area contributed by atoms with Crippen molar-refractivity contribution < 1.29 is 13.3 Å². The lowest BCUT2D eigenvalue weighted by Crippen LogP contribution is -2.27. The number of H-pyrrole nitrogens is 1. The smallest absolute Gasteiger partial charge is 0.289 e. The van der Waals surface area contributed by atoms with Gasteiger partial charge in [-0.3, -0.25) is 15.2 Å². The SMILES string of the molecule is CN(Cc1cn[nH]c1)S(=O)(=O)c1cc(N)ccc1[N+](=O)[O-]. The first-order valence-electron chi connectivity index (χ1n) is 5.80. The predicted octanol–water partition coefficient (Wildman–Crippen LogP) is 0.721. The van der Waals surface area contributed by atoms with Crippen LogP contribution in [0.25, 0.3) is 0 Å². The van der Waals surface area contributed by atoms with Gasteiger partial charge in [0.1, 0.15) is 0 Å². The van der Waals surface area contributed by atoms with Gasteiger partial charge in [-0.1, -0.05) is 0 Å². The number of nitrogens with one attached hydrogen (secondary N) is 1. The number of hydrogen-bond donors (Lipinski definition) is 2. The molecule has 0 saturated heterocycles. The first-order valence-corrected chi connectivity index (χ1v) is 7.24. The van der Waals surface area contributed by atoms with E-state index in [0.29, 0.717) is 5.56 Å². The molecule has 0 atom stereocenters. The molecule has 0 spiro atoms. The fourth-order valence-corrected chi connectivity index (χ4v) is 3.11. The van der Waals surface area contributed by atoms with Gasteiger partial charge in [0.25, 0.3) is 5.69 Å². The van der Waals surface area contributed by atoms with Crippen LogP contribution in [-0.2, 0) is 16.6 Å². The van der Waals surface area contributed by atoms with E-state index in [1.807, 2.05) is 0 Å². The van der Waals surface area contributed by atoms with E-state index in [1.54, 1.807) is 6.20 Å². The summed E-state index contributed by atoms with van der Waals surface area (Å²) in [6.45, 7) is 0.0325. The van der Waals surface area contributed by atoms with Gasteiger partial charge in [-0.25, -0.2) is 8.42 Å². The molecule has 2 rings (SSSR count). The second kappa shape index (κ2) is 5.50. The third-order valence-electron chi connectivity index (χ3n) is 2.83. The van der Waals surface area contributed by atoms with Crippen LogP contribution in [0.4, 0.5) is 11.4 Å². The Labute approximate surface area is 120 Å². The highest BCUT2D eigenvalue weighted by molar-refractivity contribution is 7.89. The number of nitro benzene ring substituents is 1. The maximum Gasteiger partial charge on any atom is 0.289 e. The van der Waals surface area contributed by atoms with Crippen molar-refractivity contribution in [1.82, 2.24) is 14.5 Å². The fraction of sp³-hybridized carbons (Fsp3) is 0.182. The molecule has 9 nitrogen and oxygen atoms in total. The minimum Gasteiger partial charge on any atom is -0.399 e. The Morgan fingerprint density at radius 2 is 2.19 bits per heavy atom. The number of aromatic amines is 1. The first-order chi connectivity index (χ1) is 9.82. The Morgan fingerprint density at radius 3 is 2.76 bits per heavy atom. The zero-order valence-electron chi connectivity index (χ0n) is 11.1. The van der Waals surface area contributed by atoms with Crippen LogP contribution < -0.4 is 5.73 Å². The molecular formula is C11H13N5O4S. The Bertz CT molecular complexity index is 757. The highest BCUT2D eigenvalue weighted by Gasteiger charge is 2.29. The zero-order chi connectivity index (χ0) is 15.6. The molecule has 112 valence electrons. The Balaban J connectivity index is 2.43. The van der Waals surface area contributed by atoms with Crippen LogP contribution >= 0.6 is 0 Å². The molecular weight excluding hydrogens is 298 g/mol. The van der Waals surface area contributed by atoms with Gasteiger partial charge in [0.15, 0.2) is 4.90 Å². The van der Waals surface area contributed by atoms with Crippen molar-refractivity contribution in [1.29, 1.82) is 0 Å². The van der Waals surface area contributed by atoms with E-state index in [-0.39, 0.29) is 12.2 Å². The molecule has 0 amide bonds. The molecule has 2 aromatic rings. The number of sulfonamides is 1. The van der Waals surface area contributed by atoms with Crippen molar-refractivity contribution in [3.05, 3.63) is 46.3 Å². The van der Waals surface area contributed by atoms with Crippen LogP contribution in [0.15, 0.2) is 35.5 Å². The van der Waals surface area contributed by atoms with Gasteiger partial charge in [0, 0.05) is 37.1 Å². The molecule has 1 aromatic heterocycles. The van der Waals surface area contributed by atoms with Crippen molar-refractivity contribution >= 4 is 21.4 Å². The maximum absolute atomic E-state index is 12.5. The minimum atomic E-state index is -4.04. The summed E-state index contributed by atoms with van der Waals surface area (Å²) >= 11 is 0. The van der Waals surface area contributed by atoms with E-state index in [0.717, 1.165) is 16.4 Å². The lowest BCUT2D eigenvalue weighted by atomic mass is 10.3. The lowest BCUT2D eigenvalue weighted by molar-refractivity contribution is -0.387. The summed E-state index contributed by atoms with van der Waals surface area (Å²) in [6.07, 6.45) is 3.01.